The highest BCUT2D eigenvalue weighted by molar-refractivity contribution is 5.95. The van der Waals surface area contributed by atoms with Gasteiger partial charge in [0.05, 0.1) is 19.3 Å². The lowest BCUT2D eigenvalue weighted by Gasteiger charge is -2.30. The molecule has 0 saturated carbocycles. The molecule has 2 N–H and O–H groups in total. The van der Waals surface area contributed by atoms with Crippen molar-refractivity contribution in [3.05, 3.63) is 78.4 Å². The molecule has 5 nitrogen and oxygen atoms in total. The minimum Gasteiger partial charge on any atom is -0.506 e. The third kappa shape index (κ3) is 5.18. The van der Waals surface area contributed by atoms with Gasteiger partial charge in [0.15, 0.2) is 5.96 Å². The summed E-state index contributed by atoms with van der Waals surface area (Å²) in [4.78, 5) is 7.18. The molecule has 1 heterocycles. The number of anilines is 1. The van der Waals surface area contributed by atoms with E-state index in [2.05, 4.69) is 22.3 Å². The summed E-state index contributed by atoms with van der Waals surface area (Å²) in [6, 6.07) is 23.8. The van der Waals surface area contributed by atoms with E-state index in [1.54, 1.807) is 13.2 Å². The van der Waals surface area contributed by atoms with Gasteiger partial charge in [0.1, 0.15) is 11.5 Å². The minimum absolute atomic E-state index is 0.210. The molecule has 3 aromatic carbocycles. The van der Waals surface area contributed by atoms with Crippen molar-refractivity contribution in [2.45, 2.75) is 25.8 Å². The molecular formula is C26H29N3O2. The van der Waals surface area contributed by atoms with Crippen LogP contribution in [0.15, 0.2) is 77.8 Å². The summed E-state index contributed by atoms with van der Waals surface area (Å²) in [5, 5.41) is 14.0. The average Bonchev–Trinajstić information content (AvgIpc) is 2.84. The summed E-state index contributed by atoms with van der Waals surface area (Å²) in [7, 11) is 1.68. The second-order valence-corrected chi connectivity index (χ2v) is 7.72. The third-order valence-corrected chi connectivity index (χ3v) is 5.60. The summed E-state index contributed by atoms with van der Waals surface area (Å²) in [5.41, 5.74) is 3.84. The zero-order valence-electron chi connectivity index (χ0n) is 17.9. The summed E-state index contributed by atoms with van der Waals surface area (Å²) >= 11 is 0. The number of aliphatic imine (C=N–C) groups is 1. The van der Waals surface area contributed by atoms with E-state index in [1.807, 2.05) is 54.6 Å². The quantitative estimate of drug-likeness (QED) is 0.327. The van der Waals surface area contributed by atoms with E-state index in [0.29, 0.717) is 12.2 Å². The molecule has 0 atom stereocenters. The van der Waals surface area contributed by atoms with E-state index in [4.69, 9.17) is 9.73 Å². The molecule has 0 aromatic heterocycles. The zero-order valence-corrected chi connectivity index (χ0v) is 17.9. The average molecular weight is 416 g/mol. The molecule has 1 fully saturated rings. The lowest BCUT2D eigenvalue weighted by atomic mass is 10.0. The molecule has 0 spiro atoms. The number of phenols is 1. The Morgan fingerprint density at radius 2 is 1.68 bits per heavy atom. The number of likely N-dealkylation sites (tertiary alicyclic amines) is 1. The number of para-hydroxylation sites is 1. The number of rotatable bonds is 5. The van der Waals surface area contributed by atoms with Crippen molar-refractivity contribution in [2.24, 2.45) is 4.99 Å². The number of nitrogens with zero attached hydrogens (tertiary/aromatic N) is 2. The smallest absolute Gasteiger partial charge is 0.198 e. The van der Waals surface area contributed by atoms with Crippen molar-refractivity contribution in [1.82, 2.24) is 4.90 Å². The predicted octanol–water partition coefficient (Wildman–Crippen LogP) is 5.52. The van der Waals surface area contributed by atoms with Crippen LogP contribution in [0.2, 0.25) is 0 Å². The van der Waals surface area contributed by atoms with Crippen molar-refractivity contribution in [3.8, 4) is 22.6 Å². The largest absolute Gasteiger partial charge is 0.506 e. The predicted molar refractivity (Wildman–Crippen MR) is 127 cm³/mol. The highest BCUT2D eigenvalue weighted by atomic mass is 16.5. The number of hydrogen-bond acceptors (Lipinski definition) is 3. The van der Waals surface area contributed by atoms with Crippen LogP contribution in [0.3, 0.4) is 0 Å². The molecule has 0 unspecified atom stereocenters. The number of methoxy groups -OCH3 is 1. The van der Waals surface area contributed by atoms with Crippen LogP contribution in [-0.4, -0.2) is 36.2 Å². The first-order valence-electron chi connectivity index (χ1n) is 10.8. The number of guanidine groups is 1. The molecule has 1 saturated heterocycles. The van der Waals surface area contributed by atoms with Crippen molar-refractivity contribution < 1.29 is 9.84 Å². The number of piperidine rings is 1. The van der Waals surface area contributed by atoms with Gasteiger partial charge in [0, 0.05) is 18.7 Å². The third-order valence-electron chi connectivity index (χ3n) is 5.60. The van der Waals surface area contributed by atoms with Crippen molar-refractivity contribution in [1.29, 1.82) is 0 Å². The van der Waals surface area contributed by atoms with E-state index in [0.717, 1.165) is 54.3 Å². The normalized spacial score (nSPS) is 14.4. The number of aromatic hydroxyl groups is 1. The number of ether oxygens (including phenoxy) is 1. The van der Waals surface area contributed by atoms with Crippen LogP contribution in [0.25, 0.3) is 11.1 Å². The van der Waals surface area contributed by atoms with Gasteiger partial charge in [0.2, 0.25) is 0 Å². The van der Waals surface area contributed by atoms with Gasteiger partial charge in [-0.2, -0.15) is 0 Å². The molecule has 3 aromatic rings. The molecule has 4 rings (SSSR count). The first-order chi connectivity index (χ1) is 15.2. The Bertz CT molecular complexity index is 1030. The van der Waals surface area contributed by atoms with Gasteiger partial charge in [-0.3, -0.25) is 0 Å². The van der Waals surface area contributed by atoms with E-state index in [-0.39, 0.29) is 5.75 Å². The molecule has 1 aliphatic heterocycles. The molecule has 0 amide bonds. The second-order valence-electron chi connectivity index (χ2n) is 7.72. The van der Waals surface area contributed by atoms with Crippen molar-refractivity contribution >= 4 is 11.6 Å². The molecule has 1 aliphatic rings. The van der Waals surface area contributed by atoms with Gasteiger partial charge in [-0.15, -0.1) is 0 Å². The van der Waals surface area contributed by atoms with E-state index >= 15 is 0 Å². The standard InChI is InChI=1S/C26H29N3O2/c1-31-25-13-7-6-12-22(25)19-27-26(29-16-8-3-9-17-29)28-23-18-21(14-15-24(23)30)20-10-4-2-5-11-20/h2,4-7,10-15,18,30H,3,8-9,16-17,19H2,1H3,(H,27,28). The molecule has 31 heavy (non-hydrogen) atoms. The fourth-order valence-corrected chi connectivity index (χ4v) is 3.88. The van der Waals surface area contributed by atoms with Crippen LogP contribution in [0.1, 0.15) is 24.8 Å². The highest BCUT2D eigenvalue weighted by Crippen LogP contribution is 2.30. The molecule has 160 valence electrons. The monoisotopic (exact) mass is 415 g/mol. The minimum atomic E-state index is 0.210. The number of phenolic OH excluding ortho intramolecular Hbond substituents is 1. The van der Waals surface area contributed by atoms with E-state index in [1.165, 1.54) is 6.42 Å². The Morgan fingerprint density at radius 3 is 2.45 bits per heavy atom. The molecule has 5 heteroatoms. The van der Waals surface area contributed by atoms with Crippen LogP contribution in [-0.2, 0) is 6.54 Å². The Labute approximate surface area is 184 Å². The number of nitrogens with one attached hydrogen (secondary N) is 1. The summed E-state index contributed by atoms with van der Waals surface area (Å²) < 4.78 is 5.48. The van der Waals surface area contributed by atoms with Gasteiger partial charge < -0.3 is 20.1 Å². The Kier molecular flexibility index (Phi) is 6.72. The fraction of sp³-hybridized carbons (Fsp3) is 0.269. The number of hydrogen-bond donors (Lipinski definition) is 2. The van der Waals surface area contributed by atoms with Crippen LogP contribution in [0.4, 0.5) is 5.69 Å². The van der Waals surface area contributed by atoms with Gasteiger partial charge in [-0.05, 0) is 48.6 Å². The van der Waals surface area contributed by atoms with E-state index < -0.39 is 0 Å². The zero-order chi connectivity index (χ0) is 21.5. The summed E-state index contributed by atoms with van der Waals surface area (Å²) in [6.45, 7) is 2.41. The van der Waals surface area contributed by atoms with Gasteiger partial charge in [0.25, 0.3) is 0 Å². The van der Waals surface area contributed by atoms with E-state index in [9.17, 15) is 5.11 Å². The number of benzene rings is 3. The Morgan fingerprint density at radius 1 is 0.935 bits per heavy atom. The topological polar surface area (TPSA) is 57.1 Å². The van der Waals surface area contributed by atoms with Crippen LogP contribution in [0.5, 0.6) is 11.5 Å². The molecule has 0 bridgehead atoms. The lowest BCUT2D eigenvalue weighted by molar-refractivity contribution is 0.340. The van der Waals surface area contributed by atoms with Crippen LogP contribution < -0.4 is 10.1 Å². The van der Waals surface area contributed by atoms with Crippen molar-refractivity contribution in [3.63, 3.8) is 0 Å². The maximum absolute atomic E-state index is 10.5. The first-order valence-corrected chi connectivity index (χ1v) is 10.8. The first kappa shape index (κ1) is 20.8. The Balaban J connectivity index is 1.63. The van der Waals surface area contributed by atoms with Crippen LogP contribution >= 0.6 is 0 Å². The maximum atomic E-state index is 10.5. The Hall–Kier alpha value is -3.47. The fourth-order valence-electron chi connectivity index (χ4n) is 3.88. The maximum Gasteiger partial charge on any atom is 0.198 e. The van der Waals surface area contributed by atoms with Gasteiger partial charge in [-0.25, -0.2) is 4.99 Å². The molecule has 0 radical (unpaired) electrons. The van der Waals surface area contributed by atoms with Crippen molar-refractivity contribution in [2.75, 3.05) is 25.5 Å². The molecule has 0 aliphatic carbocycles. The summed E-state index contributed by atoms with van der Waals surface area (Å²) in [6.07, 6.45) is 3.53. The highest BCUT2D eigenvalue weighted by Gasteiger charge is 2.17. The van der Waals surface area contributed by atoms with Gasteiger partial charge >= 0.3 is 0 Å². The lowest BCUT2D eigenvalue weighted by Crippen LogP contribution is -2.40. The SMILES string of the molecule is COc1ccccc1CN=C(Nc1cc(-c2ccccc2)ccc1O)N1CCCCC1. The van der Waals surface area contributed by atoms with Gasteiger partial charge in [-0.1, -0.05) is 54.6 Å². The summed E-state index contributed by atoms with van der Waals surface area (Å²) in [5.74, 6) is 1.82. The molecular weight excluding hydrogens is 386 g/mol. The second kappa shape index (κ2) is 10.0. The van der Waals surface area contributed by atoms with Crippen LogP contribution in [0, 0.1) is 0 Å².